The van der Waals surface area contributed by atoms with E-state index in [9.17, 15) is 20.1 Å². The molecule has 5 heteroatoms. The molecule has 0 aliphatic rings. The second kappa shape index (κ2) is 46.5. The first-order valence-electron chi connectivity index (χ1n) is 25.1. The number of carbonyl (C=O) groups excluding carboxylic acids is 1. The third kappa shape index (κ3) is 42.4. The van der Waals surface area contributed by atoms with Gasteiger partial charge < -0.3 is 20.6 Å². The fourth-order valence-corrected chi connectivity index (χ4v) is 7.87. The summed E-state index contributed by atoms with van der Waals surface area (Å²) in [6.45, 7) is 4.21. The molecule has 0 fully saturated rings. The van der Waals surface area contributed by atoms with Crippen LogP contribution in [0.15, 0.2) is 24.3 Å². The van der Waals surface area contributed by atoms with Gasteiger partial charge in [0.25, 0.3) is 0 Å². The Morgan fingerprint density at radius 1 is 0.446 bits per heavy atom. The predicted molar refractivity (Wildman–Crippen MR) is 245 cm³/mol. The lowest BCUT2D eigenvalue weighted by Crippen LogP contribution is -2.45. The summed E-state index contributed by atoms with van der Waals surface area (Å²) in [5.41, 5.74) is 0. The summed E-state index contributed by atoms with van der Waals surface area (Å²) in [5, 5.41) is 33.2. The van der Waals surface area contributed by atoms with E-state index in [1.807, 2.05) is 6.08 Å². The SMILES string of the molecule is CCCCCCCCCCC/C=C/C(O)C(CO)NC(=O)CC(O)CCCCCCCCCCCCCCCC/C=C\CCCCCCCCCCCCCC. The molecule has 0 spiro atoms. The van der Waals surface area contributed by atoms with Gasteiger partial charge in [-0.3, -0.25) is 4.79 Å². The van der Waals surface area contributed by atoms with E-state index >= 15 is 0 Å². The highest BCUT2D eigenvalue weighted by Gasteiger charge is 2.20. The molecular formula is C51H99NO4. The molecule has 332 valence electrons. The molecule has 0 aromatic heterocycles. The van der Waals surface area contributed by atoms with Crippen LogP contribution in [0.25, 0.3) is 0 Å². The molecule has 3 unspecified atom stereocenters. The van der Waals surface area contributed by atoms with E-state index in [0.29, 0.717) is 6.42 Å². The summed E-state index contributed by atoms with van der Waals surface area (Å²) in [6.07, 6.45) is 57.9. The Morgan fingerprint density at radius 3 is 1.09 bits per heavy atom. The maximum atomic E-state index is 12.4. The molecule has 0 radical (unpaired) electrons. The van der Waals surface area contributed by atoms with Crippen molar-refractivity contribution in [3.63, 3.8) is 0 Å². The Hall–Kier alpha value is -1.17. The number of hydrogen-bond acceptors (Lipinski definition) is 4. The van der Waals surface area contributed by atoms with Crippen LogP contribution in [0.1, 0.15) is 271 Å². The standard InChI is InChI=1S/C51H99NO4/c1-3-5-7-9-11-13-15-16-17-18-19-20-21-22-23-24-25-26-27-28-29-30-31-32-33-35-36-38-40-42-44-48(54)46-51(56)52-49(47-53)50(55)45-43-41-39-37-34-14-12-10-8-6-4-2/h22-23,43,45,48-50,53-55H,3-21,24-42,44,46-47H2,1-2H3,(H,52,56)/b23-22-,45-43+. The average Bonchev–Trinajstić information content (AvgIpc) is 3.19. The Bertz CT molecular complexity index is 829. The minimum Gasteiger partial charge on any atom is -0.394 e. The topological polar surface area (TPSA) is 89.8 Å². The molecule has 0 aliphatic heterocycles. The van der Waals surface area contributed by atoms with Gasteiger partial charge in [-0.2, -0.15) is 0 Å². The summed E-state index contributed by atoms with van der Waals surface area (Å²) >= 11 is 0. The number of hydrogen-bond donors (Lipinski definition) is 4. The number of amides is 1. The lowest BCUT2D eigenvalue weighted by atomic mass is 10.0. The van der Waals surface area contributed by atoms with Gasteiger partial charge in [0.1, 0.15) is 0 Å². The average molecular weight is 790 g/mol. The van der Waals surface area contributed by atoms with Crippen molar-refractivity contribution in [1.82, 2.24) is 5.32 Å². The fourth-order valence-electron chi connectivity index (χ4n) is 7.87. The summed E-state index contributed by atoms with van der Waals surface area (Å²) in [5.74, 6) is -0.314. The predicted octanol–water partition coefficient (Wildman–Crippen LogP) is 14.9. The van der Waals surface area contributed by atoms with Crippen molar-refractivity contribution in [2.45, 2.75) is 289 Å². The van der Waals surface area contributed by atoms with Crippen LogP contribution in [0.2, 0.25) is 0 Å². The molecular weight excluding hydrogens is 691 g/mol. The molecule has 0 aromatic carbocycles. The zero-order chi connectivity index (χ0) is 40.8. The molecule has 0 rings (SSSR count). The van der Waals surface area contributed by atoms with E-state index in [0.717, 1.165) is 25.7 Å². The Balaban J connectivity index is 3.50. The molecule has 0 aliphatic carbocycles. The smallest absolute Gasteiger partial charge is 0.222 e. The zero-order valence-electron chi connectivity index (χ0n) is 37.8. The van der Waals surface area contributed by atoms with Crippen LogP contribution in [-0.4, -0.2) is 46.1 Å². The lowest BCUT2D eigenvalue weighted by molar-refractivity contribution is -0.124. The third-order valence-electron chi connectivity index (χ3n) is 11.7. The monoisotopic (exact) mass is 790 g/mol. The van der Waals surface area contributed by atoms with E-state index in [1.54, 1.807) is 6.08 Å². The van der Waals surface area contributed by atoms with Gasteiger partial charge in [0.2, 0.25) is 5.91 Å². The quantitative estimate of drug-likeness (QED) is 0.0365. The van der Waals surface area contributed by atoms with Gasteiger partial charge >= 0.3 is 0 Å². The number of unbranched alkanes of at least 4 members (excludes halogenated alkanes) is 35. The summed E-state index contributed by atoms with van der Waals surface area (Å²) in [7, 11) is 0. The summed E-state index contributed by atoms with van der Waals surface area (Å²) in [4.78, 5) is 12.4. The molecule has 4 N–H and O–H groups in total. The lowest BCUT2D eigenvalue weighted by Gasteiger charge is -2.21. The first-order valence-corrected chi connectivity index (χ1v) is 25.1. The van der Waals surface area contributed by atoms with Crippen molar-refractivity contribution < 1.29 is 20.1 Å². The molecule has 3 atom stereocenters. The van der Waals surface area contributed by atoms with Gasteiger partial charge in [0, 0.05) is 0 Å². The molecule has 0 heterocycles. The number of rotatable bonds is 46. The second-order valence-corrected chi connectivity index (χ2v) is 17.4. The van der Waals surface area contributed by atoms with Crippen molar-refractivity contribution >= 4 is 5.91 Å². The normalized spacial score (nSPS) is 13.6. The molecule has 5 nitrogen and oxygen atoms in total. The van der Waals surface area contributed by atoms with Crippen molar-refractivity contribution in [2.24, 2.45) is 0 Å². The Labute approximate surface area is 350 Å². The van der Waals surface area contributed by atoms with Gasteiger partial charge in [-0.15, -0.1) is 0 Å². The maximum Gasteiger partial charge on any atom is 0.222 e. The van der Waals surface area contributed by atoms with Crippen LogP contribution in [0.3, 0.4) is 0 Å². The van der Waals surface area contributed by atoms with Crippen molar-refractivity contribution in [2.75, 3.05) is 6.61 Å². The zero-order valence-corrected chi connectivity index (χ0v) is 37.8. The second-order valence-electron chi connectivity index (χ2n) is 17.4. The van der Waals surface area contributed by atoms with Gasteiger partial charge in [-0.25, -0.2) is 0 Å². The van der Waals surface area contributed by atoms with Crippen molar-refractivity contribution in [3.05, 3.63) is 24.3 Å². The number of carbonyl (C=O) groups is 1. The largest absolute Gasteiger partial charge is 0.394 e. The number of aliphatic hydroxyl groups excluding tert-OH is 3. The number of allylic oxidation sites excluding steroid dienone is 3. The molecule has 1 amide bonds. The Morgan fingerprint density at radius 2 is 0.750 bits per heavy atom. The highest BCUT2D eigenvalue weighted by Crippen LogP contribution is 2.16. The van der Waals surface area contributed by atoms with Crippen LogP contribution in [0.4, 0.5) is 0 Å². The van der Waals surface area contributed by atoms with Gasteiger partial charge in [0.15, 0.2) is 0 Å². The van der Waals surface area contributed by atoms with Crippen molar-refractivity contribution in [3.8, 4) is 0 Å². The summed E-state index contributed by atoms with van der Waals surface area (Å²) < 4.78 is 0. The highest BCUT2D eigenvalue weighted by atomic mass is 16.3. The maximum absolute atomic E-state index is 12.4. The van der Waals surface area contributed by atoms with E-state index in [-0.39, 0.29) is 18.9 Å². The van der Waals surface area contributed by atoms with Crippen LogP contribution in [0.5, 0.6) is 0 Å². The first-order chi connectivity index (χ1) is 27.5. The van der Waals surface area contributed by atoms with Gasteiger partial charge in [0.05, 0.1) is 31.3 Å². The molecule has 0 saturated carbocycles. The van der Waals surface area contributed by atoms with E-state index in [2.05, 4.69) is 31.3 Å². The molecule has 0 bridgehead atoms. The fraction of sp³-hybridized carbons (Fsp3) is 0.902. The first kappa shape index (κ1) is 54.8. The summed E-state index contributed by atoms with van der Waals surface area (Å²) in [6, 6.07) is -0.741. The van der Waals surface area contributed by atoms with E-state index in [4.69, 9.17) is 0 Å². The van der Waals surface area contributed by atoms with Gasteiger partial charge in [-0.05, 0) is 44.9 Å². The minimum absolute atomic E-state index is 0.0162. The number of aliphatic hydroxyl groups is 3. The molecule has 0 aromatic rings. The number of nitrogens with one attached hydrogen (secondary N) is 1. The third-order valence-corrected chi connectivity index (χ3v) is 11.7. The van der Waals surface area contributed by atoms with Crippen LogP contribution in [0, 0.1) is 0 Å². The van der Waals surface area contributed by atoms with Crippen LogP contribution < -0.4 is 5.32 Å². The van der Waals surface area contributed by atoms with Crippen LogP contribution in [-0.2, 0) is 4.79 Å². The Kier molecular flexibility index (Phi) is 45.5. The molecule has 0 saturated heterocycles. The van der Waals surface area contributed by atoms with Crippen molar-refractivity contribution in [1.29, 1.82) is 0 Å². The minimum atomic E-state index is -0.925. The van der Waals surface area contributed by atoms with E-state index in [1.165, 1.54) is 218 Å². The van der Waals surface area contributed by atoms with E-state index < -0.39 is 18.2 Å². The van der Waals surface area contributed by atoms with Gasteiger partial charge in [-0.1, -0.05) is 244 Å². The highest BCUT2D eigenvalue weighted by molar-refractivity contribution is 5.76. The van der Waals surface area contributed by atoms with Crippen LogP contribution >= 0.6 is 0 Å². The molecule has 56 heavy (non-hydrogen) atoms.